The summed E-state index contributed by atoms with van der Waals surface area (Å²) in [6, 6.07) is 16.6. The van der Waals surface area contributed by atoms with Crippen molar-refractivity contribution in [3.05, 3.63) is 64.4 Å². The van der Waals surface area contributed by atoms with Crippen LogP contribution >= 0.6 is 12.2 Å². The van der Waals surface area contributed by atoms with Crippen LogP contribution in [0.1, 0.15) is 37.3 Å². The van der Waals surface area contributed by atoms with Gasteiger partial charge in [0.2, 0.25) is 4.77 Å². The van der Waals surface area contributed by atoms with Crippen LogP contribution < -0.4 is 0 Å². The summed E-state index contributed by atoms with van der Waals surface area (Å²) in [6.07, 6.45) is 0.647. The summed E-state index contributed by atoms with van der Waals surface area (Å²) < 4.78 is 28.4. The molecule has 0 aliphatic carbocycles. The molecular formula is C24H30N4O2S2. The first-order chi connectivity index (χ1) is 15.2. The van der Waals surface area contributed by atoms with Gasteiger partial charge in [-0.05, 0) is 50.2 Å². The van der Waals surface area contributed by atoms with E-state index >= 15 is 0 Å². The Bertz CT molecular complexity index is 1270. The van der Waals surface area contributed by atoms with E-state index in [2.05, 4.69) is 61.7 Å². The molecule has 1 atom stereocenters. The number of hydrogen-bond donors (Lipinski definition) is 0. The third-order valence-electron chi connectivity index (χ3n) is 6.14. The molecule has 0 saturated carbocycles. The molecule has 32 heavy (non-hydrogen) atoms. The van der Waals surface area contributed by atoms with Gasteiger partial charge in [0.05, 0.1) is 23.9 Å². The van der Waals surface area contributed by atoms with Crippen molar-refractivity contribution < 1.29 is 8.42 Å². The first-order valence-corrected chi connectivity index (χ1v) is 13.2. The van der Waals surface area contributed by atoms with E-state index in [1.807, 2.05) is 28.8 Å². The SMILES string of the molecule is Cc1ccc(-c2nn(CN(C)C3CCS(=O)(=O)C3)c(=S)n2-c2ccccc2C(C)C)cc1. The van der Waals surface area contributed by atoms with Crippen molar-refractivity contribution in [2.24, 2.45) is 0 Å². The van der Waals surface area contributed by atoms with E-state index in [-0.39, 0.29) is 17.5 Å². The molecule has 1 saturated heterocycles. The second-order valence-electron chi connectivity index (χ2n) is 8.98. The Labute approximate surface area is 195 Å². The fraction of sp³-hybridized carbons (Fsp3) is 0.417. The van der Waals surface area contributed by atoms with E-state index in [0.29, 0.717) is 23.8 Å². The first kappa shape index (κ1) is 22.9. The molecule has 1 aliphatic heterocycles. The van der Waals surface area contributed by atoms with Crippen LogP contribution in [0.15, 0.2) is 48.5 Å². The highest BCUT2D eigenvalue weighted by Gasteiger charge is 2.31. The minimum absolute atomic E-state index is 0.0159. The minimum atomic E-state index is -2.95. The number of aryl methyl sites for hydroxylation is 1. The molecule has 0 bridgehead atoms. The van der Waals surface area contributed by atoms with Gasteiger partial charge in [-0.2, -0.15) is 0 Å². The topological polar surface area (TPSA) is 60.1 Å². The van der Waals surface area contributed by atoms with Crippen molar-refractivity contribution in [1.82, 2.24) is 19.2 Å². The van der Waals surface area contributed by atoms with Crippen molar-refractivity contribution in [1.29, 1.82) is 0 Å². The average molecular weight is 471 g/mol. The molecule has 0 spiro atoms. The molecule has 170 valence electrons. The van der Waals surface area contributed by atoms with Gasteiger partial charge in [0, 0.05) is 11.6 Å². The second kappa shape index (κ2) is 8.92. The summed E-state index contributed by atoms with van der Waals surface area (Å²) in [5, 5.41) is 4.92. The molecule has 0 N–H and O–H groups in total. The average Bonchev–Trinajstić information content (AvgIpc) is 3.28. The zero-order chi connectivity index (χ0) is 23.0. The van der Waals surface area contributed by atoms with Gasteiger partial charge >= 0.3 is 0 Å². The van der Waals surface area contributed by atoms with Gasteiger partial charge in [-0.15, -0.1) is 5.10 Å². The minimum Gasteiger partial charge on any atom is -0.283 e. The van der Waals surface area contributed by atoms with Crippen LogP contribution in [0.3, 0.4) is 0 Å². The molecule has 2 heterocycles. The van der Waals surface area contributed by atoms with Crippen LogP contribution in [-0.2, 0) is 16.5 Å². The Kier molecular flexibility index (Phi) is 6.38. The Morgan fingerprint density at radius 2 is 1.84 bits per heavy atom. The Morgan fingerprint density at radius 3 is 2.47 bits per heavy atom. The maximum absolute atomic E-state index is 11.9. The number of nitrogens with zero attached hydrogens (tertiary/aromatic N) is 4. The molecule has 4 rings (SSSR count). The van der Waals surface area contributed by atoms with Gasteiger partial charge in [0.1, 0.15) is 0 Å². The van der Waals surface area contributed by atoms with Crippen LogP contribution in [0.25, 0.3) is 17.1 Å². The fourth-order valence-electron chi connectivity index (χ4n) is 4.24. The van der Waals surface area contributed by atoms with Crippen LogP contribution in [0.2, 0.25) is 0 Å². The number of aromatic nitrogens is 3. The molecule has 1 unspecified atom stereocenters. The van der Waals surface area contributed by atoms with E-state index in [1.54, 1.807) is 0 Å². The highest BCUT2D eigenvalue weighted by Crippen LogP contribution is 2.29. The largest absolute Gasteiger partial charge is 0.283 e. The fourth-order valence-corrected chi connectivity index (χ4v) is 6.32. The van der Waals surface area contributed by atoms with E-state index in [9.17, 15) is 8.42 Å². The summed E-state index contributed by atoms with van der Waals surface area (Å²) in [5.74, 6) is 1.56. The van der Waals surface area contributed by atoms with Crippen molar-refractivity contribution >= 4 is 22.1 Å². The molecular weight excluding hydrogens is 440 g/mol. The van der Waals surface area contributed by atoms with E-state index < -0.39 is 9.84 Å². The second-order valence-corrected chi connectivity index (χ2v) is 11.6. The molecule has 1 aromatic heterocycles. The lowest BCUT2D eigenvalue weighted by Gasteiger charge is -2.22. The summed E-state index contributed by atoms with van der Waals surface area (Å²) in [4.78, 5) is 2.05. The van der Waals surface area contributed by atoms with Gasteiger partial charge in [0.25, 0.3) is 0 Å². The summed E-state index contributed by atoms with van der Waals surface area (Å²) in [6.45, 7) is 6.85. The molecule has 6 nitrogen and oxygen atoms in total. The zero-order valence-corrected chi connectivity index (χ0v) is 20.7. The zero-order valence-electron chi connectivity index (χ0n) is 19.0. The number of sulfone groups is 1. The standard InChI is InChI=1S/C24H30N4O2S2/c1-17(2)21-7-5-6-8-22(21)28-23(19-11-9-18(3)10-12-19)25-27(24(28)31)16-26(4)20-13-14-32(29,30)15-20/h5-12,17,20H,13-16H2,1-4H3. The smallest absolute Gasteiger partial charge is 0.204 e. The Balaban J connectivity index is 1.81. The van der Waals surface area contributed by atoms with Gasteiger partial charge in [-0.3, -0.25) is 9.47 Å². The Morgan fingerprint density at radius 1 is 1.16 bits per heavy atom. The third-order valence-corrected chi connectivity index (χ3v) is 8.28. The number of para-hydroxylation sites is 1. The predicted octanol–water partition coefficient (Wildman–Crippen LogP) is 4.58. The highest BCUT2D eigenvalue weighted by atomic mass is 32.2. The summed E-state index contributed by atoms with van der Waals surface area (Å²) >= 11 is 5.92. The van der Waals surface area contributed by atoms with Crippen LogP contribution in [0, 0.1) is 11.7 Å². The van der Waals surface area contributed by atoms with Crippen molar-refractivity contribution in [3.8, 4) is 17.1 Å². The van der Waals surface area contributed by atoms with Crippen molar-refractivity contribution in [3.63, 3.8) is 0 Å². The summed E-state index contributed by atoms with van der Waals surface area (Å²) in [7, 11) is -1.01. The van der Waals surface area contributed by atoms with Crippen LogP contribution in [0.4, 0.5) is 0 Å². The Hall–Kier alpha value is -2.29. The molecule has 0 radical (unpaired) electrons. The maximum atomic E-state index is 11.9. The predicted molar refractivity (Wildman–Crippen MR) is 131 cm³/mol. The third kappa shape index (κ3) is 4.58. The first-order valence-electron chi connectivity index (χ1n) is 10.9. The molecule has 2 aromatic carbocycles. The molecule has 3 aromatic rings. The normalized spacial score (nSPS) is 18.0. The number of rotatable bonds is 6. The van der Waals surface area contributed by atoms with Gasteiger partial charge in [-0.1, -0.05) is 61.9 Å². The lowest BCUT2D eigenvalue weighted by Crippen LogP contribution is -2.34. The van der Waals surface area contributed by atoms with Gasteiger partial charge in [-0.25, -0.2) is 13.1 Å². The number of benzene rings is 2. The highest BCUT2D eigenvalue weighted by molar-refractivity contribution is 7.91. The molecule has 1 aliphatic rings. The van der Waals surface area contributed by atoms with Gasteiger partial charge in [0.15, 0.2) is 15.7 Å². The number of hydrogen-bond acceptors (Lipinski definition) is 5. The lowest BCUT2D eigenvalue weighted by molar-refractivity contribution is 0.196. The maximum Gasteiger partial charge on any atom is 0.204 e. The van der Waals surface area contributed by atoms with Crippen LogP contribution in [-0.4, -0.2) is 52.3 Å². The van der Waals surface area contributed by atoms with Crippen molar-refractivity contribution in [2.45, 2.75) is 45.8 Å². The van der Waals surface area contributed by atoms with E-state index in [0.717, 1.165) is 17.1 Å². The van der Waals surface area contributed by atoms with Crippen LogP contribution in [0.5, 0.6) is 0 Å². The van der Waals surface area contributed by atoms with Gasteiger partial charge < -0.3 is 0 Å². The lowest BCUT2D eigenvalue weighted by atomic mass is 10.0. The van der Waals surface area contributed by atoms with Crippen molar-refractivity contribution in [2.75, 3.05) is 18.6 Å². The monoisotopic (exact) mass is 470 g/mol. The molecule has 1 fully saturated rings. The van der Waals surface area contributed by atoms with E-state index in [1.165, 1.54) is 11.1 Å². The summed E-state index contributed by atoms with van der Waals surface area (Å²) in [5.41, 5.74) is 4.40. The van der Waals surface area contributed by atoms with E-state index in [4.69, 9.17) is 17.3 Å². The molecule has 8 heteroatoms. The molecule has 0 amide bonds. The quantitative estimate of drug-likeness (QED) is 0.494.